The zero-order valence-corrected chi connectivity index (χ0v) is 12.3. The van der Waals surface area contributed by atoms with Crippen molar-refractivity contribution < 1.29 is 9.53 Å². The molecule has 2 atom stereocenters. The van der Waals surface area contributed by atoms with Crippen molar-refractivity contribution in [1.29, 1.82) is 0 Å². The molecule has 0 radical (unpaired) electrons. The molecule has 0 aliphatic carbocycles. The smallest absolute Gasteiger partial charge is 0.310 e. The minimum absolute atomic E-state index is 0.0796. The summed E-state index contributed by atoms with van der Waals surface area (Å²) in [6.07, 6.45) is 0. The third-order valence-electron chi connectivity index (χ3n) is 3.61. The first-order valence-corrected chi connectivity index (χ1v) is 7.31. The Labute approximate surface area is 121 Å². The van der Waals surface area contributed by atoms with Crippen LogP contribution in [0.4, 0.5) is 0 Å². The molecule has 0 aromatic heterocycles. The van der Waals surface area contributed by atoms with Gasteiger partial charge in [0.15, 0.2) is 0 Å². The molecule has 1 aliphatic heterocycles. The molecule has 2 unspecified atom stereocenters. The van der Waals surface area contributed by atoms with Gasteiger partial charge in [0.1, 0.15) is 6.61 Å². The Morgan fingerprint density at radius 1 is 1.45 bits per heavy atom. The Kier molecular flexibility index (Phi) is 5.56. The molecule has 0 amide bonds. The van der Waals surface area contributed by atoms with Crippen LogP contribution in [-0.4, -0.2) is 43.1 Å². The van der Waals surface area contributed by atoms with Gasteiger partial charge in [0.25, 0.3) is 0 Å². The summed E-state index contributed by atoms with van der Waals surface area (Å²) in [5.74, 6) is -0.191. The van der Waals surface area contributed by atoms with Gasteiger partial charge < -0.3 is 10.1 Å². The van der Waals surface area contributed by atoms with Crippen molar-refractivity contribution in [2.45, 2.75) is 26.5 Å². The average Bonchev–Trinajstić information content (AvgIpc) is 2.46. The number of ether oxygens (including phenoxy) is 1. The van der Waals surface area contributed by atoms with Crippen molar-refractivity contribution in [2.75, 3.05) is 26.2 Å². The predicted octanol–water partition coefficient (Wildman–Crippen LogP) is 1.66. The summed E-state index contributed by atoms with van der Waals surface area (Å²) >= 11 is 0. The van der Waals surface area contributed by atoms with Gasteiger partial charge in [-0.1, -0.05) is 37.3 Å². The molecule has 1 aromatic carbocycles. The first-order valence-electron chi connectivity index (χ1n) is 7.31. The first-order chi connectivity index (χ1) is 9.65. The second kappa shape index (κ2) is 7.41. The fourth-order valence-corrected chi connectivity index (χ4v) is 2.51. The number of carbonyl (C=O) groups is 1. The van der Waals surface area contributed by atoms with Gasteiger partial charge in [0.05, 0.1) is 5.92 Å². The maximum absolute atomic E-state index is 12.0. The third kappa shape index (κ3) is 4.62. The highest BCUT2D eigenvalue weighted by Gasteiger charge is 2.22. The van der Waals surface area contributed by atoms with Crippen LogP contribution < -0.4 is 5.32 Å². The lowest BCUT2D eigenvalue weighted by atomic mass is 10.1. The molecule has 4 nitrogen and oxygen atoms in total. The van der Waals surface area contributed by atoms with E-state index in [0.29, 0.717) is 12.6 Å². The summed E-state index contributed by atoms with van der Waals surface area (Å²) < 4.78 is 5.38. The van der Waals surface area contributed by atoms with E-state index < -0.39 is 0 Å². The SMILES string of the molecule is CC1CN(CC(C)C(=O)OCc2ccccc2)CCN1. The van der Waals surface area contributed by atoms with Crippen LogP contribution in [0.5, 0.6) is 0 Å². The molecule has 1 heterocycles. The van der Waals surface area contributed by atoms with Crippen LogP contribution in [0.2, 0.25) is 0 Å². The number of hydrogen-bond acceptors (Lipinski definition) is 4. The Hall–Kier alpha value is -1.39. The molecule has 1 aliphatic rings. The zero-order valence-electron chi connectivity index (χ0n) is 12.3. The molecule has 110 valence electrons. The number of hydrogen-bond donors (Lipinski definition) is 1. The van der Waals surface area contributed by atoms with Crippen LogP contribution in [0.1, 0.15) is 19.4 Å². The minimum atomic E-state index is -0.111. The molecule has 2 rings (SSSR count). The Bertz CT molecular complexity index is 422. The van der Waals surface area contributed by atoms with Gasteiger partial charge in [-0.25, -0.2) is 0 Å². The van der Waals surface area contributed by atoms with Crippen LogP contribution in [0, 0.1) is 5.92 Å². The Morgan fingerprint density at radius 2 is 2.20 bits per heavy atom. The van der Waals surface area contributed by atoms with Crippen LogP contribution >= 0.6 is 0 Å². The van der Waals surface area contributed by atoms with Gasteiger partial charge in [0, 0.05) is 32.2 Å². The molecule has 1 saturated heterocycles. The molecule has 1 aromatic rings. The molecular formula is C16H24N2O2. The molecule has 0 spiro atoms. The molecule has 1 fully saturated rings. The number of rotatable bonds is 5. The summed E-state index contributed by atoms with van der Waals surface area (Å²) in [7, 11) is 0. The van der Waals surface area contributed by atoms with Gasteiger partial charge in [0.2, 0.25) is 0 Å². The number of piperazine rings is 1. The lowest BCUT2D eigenvalue weighted by molar-refractivity contribution is -0.150. The standard InChI is InChI=1S/C16H24N2O2/c1-13(10-18-9-8-17-14(2)11-18)16(19)20-12-15-6-4-3-5-7-15/h3-7,13-14,17H,8-12H2,1-2H3. The summed E-state index contributed by atoms with van der Waals surface area (Å²) in [5, 5.41) is 3.40. The molecular weight excluding hydrogens is 252 g/mol. The van der Waals surface area contributed by atoms with Gasteiger partial charge >= 0.3 is 5.97 Å². The maximum atomic E-state index is 12.0. The number of esters is 1. The normalized spacial score (nSPS) is 21.4. The number of nitrogens with one attached hydrogen (secondary N) is 1. The van der Waals surface area contributed by atoms with E-state index >= 15 is 0 Å². The second-order valence-electron chi connectivity index (χ2n) is 5.61. The molecule has 0 saturated carbocycles. The topological polar surface area (TPSA) is 41.6 Å². The molecule has 0 bridgehead atoms. The van der Waals surface area contributed by atoms with Crippen LogP contribution in [0.25, 0.3) is 0 Å². The third-order valence-corrected chi connectivity index (χ3v) is 3.61. The van der Waals surface area contributed by atoms with Crippen molar-refractivity contribution in [3.8, 4) is 0 Å². The number of carbonyl (C=O) groups excluding carboxylic acids is 1. The van der Waals surface area contributed by atoms with E-state index in [1.165, 1.54) is 0 Å². The van der Waals surface area contributed by atoms with E-state index in [-0.39, 0.29) is 11.9 Å². The van der Waals surface area contributed by atoms with Crippen LogP contribution in [0.3, 0.4) is 0 Å². The van der Waals surface area contributed by atoms with Crippen molar-refractivity contribution in [3.05, 3.63) is 35.9 Å². The first kappa shape index (κ1) is 15.0. The quantitative estimate of drug-likeness (QED) is 0.831. The minimum Gasteiger partial charge on any atom is -0.461 e. The van der Waals surface area contributed by atoms with Gasteiger partial charge in [-0.05, 0) is 12.5 Å². The highest BCUT2D eigenvalue weighted by atomic mass is 16.5. The Balaban J connectivity index is 1.74. The second-order valence-corrected chi connectivity index (χ2v) is 5.61. The van der Waals surface area contributed by atoms with E-state index in [2.05, 4.69) is 17.1 Å². The van der Waals surface area contributed by atoms with E-state index in [1.807, 2.05) is 37.3 Å². The van der Waals surface area contributed by atoms with Gasteiger partial charge in [-0.2, -0.15) is 0 Å². The molecule has 1 N–H and O–H groups in total. The van der Waals surface area contributed by atoms with Gasteiger partial charge in [-0.3, -0.25) is 9.69 Å². The summed E-state index contributed by atoms with van der Waals surface area (Å²) in [6, 6.07) is 10.3. The van der Waals surface area contributed by atoms with Gasteiger partial charge in [-0.15, -0.1) is 0 Å². The summed E-state index contributed by atoms with van der Waals surface area (Å²) in [4.78, 5) is 14.3. The maximum Gasteiger partial charge on any atom is 0.310 e. The van der Waals surface area contributed by atoms with E-state index in [4.69, 9.17) is 4.74 Å². The molecule has 20 heavy (non-hydrogen) atoms. The largest absolute Gasteiger partial charge is 0.461 e. The van der Waals surface area contributed by atoms with E-state index in [9.17, 15) is 4.79 Å². The summed E-state index contributed by atoms with van der Waals surface area (Å²) in [5.41, 5.74) is 1.03. The van der Waals surface area contributed by atoms with Crippen LogP contribution in [-0.2, 0) is 16.1 Å². The predicted molar refractivity (Wildman–Crippen MR) is 79.3 cm³/mol. The molecule has 4 heteroatoms. The lowest BCUT2D eigenvalue weighted by Gasteiger charge is -2.33. The zero-order chi connectivity index (χ0) is 14.4. The number of benzene rings is 1. The van der Waals surface area contributed by atoms with Crippen molar-refractivity contribution >= 4 is 5.97 Å². The van der Waals surface area contributed by atoms with E-state index in [1.54, 1.807) is 0 Å². The fourth-order valence-electron chi connectivity index (χ4n) is 2.51. The number of nitrogens with zero attached hydrogens (tertiary/aromatic N) is 1. The monoisotopic (exact) mass is 276 g/mol. The van der Waals surface area contributed by atoms with Crippen molar-refractivity contribution in [1.82, 2.24) is 10.2 Å². The highest BCUT2D eigenvalue weighted by molar-refractivity contribution is 5.72. The average molecular weight is 276 g/mol. The lowest BCUT2D eigenvalue weighted by Crippen LogP contribution is -2.50. The Morgan fingerprint density at radius 3 is 2.90 bits per heavy atom. The van der Waals surface area contributed by atoms with Crippen molar-refractivity contribution in [3.63, 3.8) is 0 Å². The summed E-state index contributed by atoms with van der Waals surface area (Å²) in [6.45, 7) is 8.25. The van der Waals surface area contributed by atoms with E-state index in [0.717, 1.165) is 31.7 Å². The van der Waals surface area contributed by atoms with Crippen LogP contribution in [0.15, 0.2) is 30.3 Å². The fraction of sp³-hybridized carbons (Fsp3) is 0.562. The van der Waals surface area contributed by atoms with Crippen molar-refractivity contribution in [2.24, 2.45) is 5.92 Å². The highest BCUT2D eigenvalue weighted by Crippen LogP contribution is 2.08.